The van der Waals surface area contributed by atoms with E-state index in [2.05, 4.69) is 32.4 Å². The van der Waals surface area contributed by atoms with Gasteiger partial charge in [0.25, 0.3) is 0 Å². The summed E-state index contributed by atoms with van der Waals surface area (Å²) in [4.78, 5) is 17.4. The molecule has 0 N–H and O–H groups in total. The zero-order valence-electron chi connectivity index (χ0n) is 14.7. The van der Waals surface area contributed by atoms with Gasteiger partial charge in [0.2, 0.25) is 0 Å². The topological polar surface area (TPSA) is 55.1 Å². The first kappa shape index (κ1) is 16.4. The highest BCUT2D eigenvalue weighted by Gasteiger charge is 2.19. The van der Waals surface area contributed by atoms with E-state index in [1.54, 1.807) is 17.6 Å². The van der Waals surface area contributed by atoms with Crippen LogP contribution < -0.4 is 0 Å². The van der Waals surface area contributed by atoms with Gasteiger partial charge >= 0.3 is 0 Å². The van der Waals surface area contributed by atoms with Gasteiger partial charge in [-0.1, -0.05) is 12.1 Å². The van der Waals surface area contributed by atoms with Crippen LogP contribution in [0.2, 0.25) is 0 Å². The molecule has 0 amide bonds. The molecule has 0 bridgehead atoms. The van der Waals surface area contributed by atoms with Gasteiger partial charge in [-0.2, -0.15) is 0 Å². The van der Waals surface area contributed by atoms with E-state index in [1.807, 2.05) is 36.7 Å². The van der Waals surface area contributed by atoms with Crippen LogP contribution >= 0.6 is 11.3 Å². The predicted molar refractivity (Wildman–Crippen MR) is 105 cm³/mol. The van der Waals surface area contributed by atoms with Crippen LogP contribution in [0.15, 0.2) is 64.9 Å². The minimum atomic E-state index is 0.798. The largest absolute Gasteiger partial charge is 0.463 e. The van der Waals surface area contributed by atoms with Crippen LogP contribution in [-0.2, 0) is 19.5 Å². The van der Waals surface area contributed by atoms with Crippen molar-refractivity contribution in [1.82, 2.24) is 19.9 Å². The molecule has 1 aliphatic rings. The number of thiophene rings is 1. The Morgan fingerprint density at radius 1 is 1.07 bits per heavy atom. The van der Waals surface area contributed by atoms with Gasteiger partial charge in [0, 0.05) is 44.0 Å². The quantitative estimate of drug-likeness (QED) is 0.529. The van der Waals surface area contributed by atoms with Gasteiger partial charge < -0.3 is 4.42 Å². The zero-order chi connectivity index (χ0) is 18.1. The highest BCUT2D eigenvalue weighted by atomic mass is 32.1. The van der Waals surface area contributed by atoms with Crippen molar-refractivity contribution in [1.29, 1.82) is 0 Å². The number of furan rings is 1. The Bertz CT molecular complexity index is 1030. The summed E-state index contributed by atoms with van der Waals surface area (Å²) in [7, 11) is 0. The maximum absolute atomic E-state index is 5.40. The van der Waals surface area contributed by atoms with E-state index < -0.39 is 0 Å². The zero-order valence-corrected chi connectivity index (χ0v) is 15.5. The average Bonchev–Trinajstić information content (AvgIpc) is 3.42. The number of pyridine rings is 1. The monoisotopic (exact) mass is 374 g/mol. The van der Waals surface area contributed by atoms with Crippen molar-refractivity contribution in [2.45, 2.75) is 19.5 Å². The molecule has 4 aromatic heterocycles. The summed E-state index contributed by atoms with van der Waals surface area (Å²) in [5, 5.41) is 2.06. The number of fused-ring (bicyclic) bond motifs is 1. The third kappa shape index (κ3) is 3.41. The molecule has 1 aliphatic heterocycles. The molecular weight excluding hydrogens is 356 g/mol. The summed E-state index contributed by atoms with van der Waals surface area (Å²) in [6.45, 7) is 2.74. The molecule has 6 heteroatoms. The van der Waals surface area contributed by atoms with Gasteiger partial charge in [-0.3, -0.25) is 9.88 Å². The van der Waals surface area contributed by atoms with Crippen LogP contribution in [0.1, 0.15) is 16.8 Å². The molecule has 27 heavy (non-hydrogen) atoms. The lowest BCUT2D eigenvalue weighted by Gasteiger charge is -2.28. The Labute approximate surface area is 161 Å². The fourth-order valence-electron chi connectivity index (χ4n) is 3.38. The summed E-state index contributed by atoms with van der Waals surface area (Å²) in [5.74, 6) is 1.64. The van der Waals surface area contributed by atoms with E-state index in [0.717, 1.165) is 48.2 Å². The number of rotatable bonds is 4. The molecule has 4 aromatic rings. The summed E-state index contributed by atoms with van der Waals surface area (Å²) in [5.41, 5.74) is 4.46. The average molecular weight is 374 g/mol. The lowest BCUT2D eigenvalue weighted by atomic mass is 10.1. The lowest BCUT2D eigenvalue weighted by molar-refractivity contribution is 0.242. The van der Waals surface area contributed by atoms with E-state index in [1.165, 1.54) is 16.8 Å². The predicted octanol–water partition coefficient (Wildman–Crippen LogP) is 4.42. The fourth-order valence-corrected chi connectivity index (χ4v) is 4.04. The van der Waals surface area contributed by atoms with Crippen LogP contribution in [-0.4, -0.2) is 26.4 Å². The van der Waals surface area contributed by atoms with Crippen LogP contribution in [0, 0.1) is 0 Å². The van der Waals surface area contributed by atoms with Crippen molar-refractivity contribution >= 4 is 11.3 Å². The van der Waals surface area contributed by atoms with Gasteiger partial charge in [-0.25, -0.2) is 9.97 Å². The first-order valence-electron chi connectivity index (χ1n) is 8.95. The highest BCUT2D eigenvalue weighted by molar-refractivity contribution is 7.13. The summed E-state index contributed by atoms with van der Waals surface area (Å²) >= 11 is 1.68. The molecule has 5 heterocycles. The second-order valence-electron chi connectivity index (χ2n) is 6.63. The minimum Gasteiger partial charge on any atom is -0.463 e. The number of aromatic nitrogens is 3. The Morgan fingerprint density at radius 3 is 2.85 bits per heavy atom. The van der Waals surface area contributed by atoms with Crippen LogP contribution in [0.25, 0.3) is 22.2 Å². The van der Waals surface area contributed by atoms with Crippen molar-refractivity contribution in [3.8, 4) is 22.2 Å². The van der Waals surface area contributed by atoms with Gasteiger partial charge in [0.15, 0.2) is 11.6 Å². The Kier molecular flexibility index (Phi) is 4.27. The standard InChI is InChI=1S/C21H18N4OS/c1-3-19(26-9-1)18-6-5-15(11-22-18)13-25-8-7-17-16(14-25)12-23-21(24-17)20-4-2-10-27-20/h1-6,9-12H,7-8,13-14H2. The van der Waals surface area contributed by atoms with Crippen molar-refractivity contribution in [2.75, 3.05) is 6.54 Å². The lowest BCUT2D eigenvalue weighted by Crippen LogP contribution is -2.31. The number of hydrogen-bond acceptors (Lipinski definition) is 6. The molecule has 0 saturated heterocycles. The molecule has 0 unspecified atom stereocenters. The molecule has 0 aromatic carbocycles. The first-order chi connectivity index (χ1) is 13.3. The van der Waals surface area contributed by atoms with Gasteiger partial charge in [0.05, 0.1) is 16.8 Å². The van der Waals surface area contributed by atoms with E-state index in [4.69, 9.17) is 9.40 Å². The maximum Gasteiger partial charge on any atom is 0.169 e. The van der Waals surface area contributed by atoms with Crippen LogP contribution in [0.3, 0.4) is 0 Å². The number of nitrogens with zero attached hydrogens (tertiary/aromatic N) is 4. The molecule has 5 rings (SSSR count). The normalized spacial score (nSPS) is 14.2. The Hall–Kier alpha value is -2.83. The van der Waals surface area contributed by atoms with Crippen molar-refractivity contribution in [2.24, 2.45) is 0 Å². The summed E-state index contributed by atoms with van der Waals surface area (Å²) in [6.07, 6.45) is 6.54. The maximum atomic E-state index is 5.40. The van der Waals surface area contributed by atoms with Crippen molar-refractivity contribution < 1.29 is 4.42 Å². The van der Waals surface area contributed by atoms with E-state index in [-0.39, 0.29) is 0 Å². The molecule has 0 fully saturated rings. The fraction of sp³-hybridized carbons (Fsp3) is 0.190. The molecule has 0 spiro atoms. The third-order valence-corrected chi connectivity index (χ3v) is 5.62. The molecule has 0 atom stereocenters. The molecule has 0 aliphatic carbocycles. The second kappa shape index (κ2) is 7.06. The van der Waals surface area contributed by atoms with Gasteiger partial charge in [-0.15, -0.1) is 11.3 Å². The molecule has 0 radical (unpaired) electrons. The number of hydrogen-bond donors (Lipinski definition) is 0. The SMILES string of the molecule is c1coc(-c2ccc(CN3CCc4nc(-c5cccs5)ncc4C3)cn2)c1. The highest BCUT2D eigenvalue weighted by Crippen LogP contribution is 2.25. The van der Waals surface area contributed by atoms with Gasteiger partial charge in [0.1, 0.15) is 5.69 Å². The van der Waals surface area contributed by atoms with Gasteiger partial charge in [-0.05, 0) is 35.2 Å². The first-order valence-corrected chi connectivity index (χ1v) is 9.83. The van der Waals surface area contributed by atoms with Crippen molar-refractivity contribution in [3.05, 3.63) is 77.3 Å². The molecule has 0 saturated carbocycles. The third-order valence-electron chi connectivity index (χ3n) is 4.76. The van der Waals surface area contributed by atoms with Crippen LogP contribution in [0.5, 0.6) is 0 Å². The summed E-state index contributed by atoms with van der Waals surface area (Å²) in [6, 6.07) is 12.0. The molecule has 5 nitrogen and oxygen atoms in total. The smallest absolute Gasteiger partial charge is 0.169 e. The molecular formula is C21H18N4OS. The van der Waals surface area contributed by atoms with Crippen LogP contribution in [0.4, 0.5) is 0 Å². The molecule has 134 valence electrons. The Balaban J connectivity index is 1.28. The minimum absolute atomic E-state index is 0.798. The second-order valence-corrected chi connectivity index (χ2v) is 7.58. The Morgan fingerprint density at radius 2 is 2.07 bits per heavy atom. The summed E-state index contributed by atoms with van der Waals surface area (Å²) < 4.78 is 5.40. The van der Waals surface area contributed by atoms with Crippen molar-refractivity contribution in [3.63, 3.8) is 0 Å². The van der Waals surface area contributed by atoms with E-state index >= 15 is 0 Å². The van der Waals surface area contributed by atoms with E-state index in [0.29, 0.717) is 0 Å². The van der Waals surface area contributed by atoms with E-state index in [9.17, 15) is 0 Å².